The van der Waals surface area contributed by atoms with Gasteiger partial charge in [0.05, 0.1) is 0 Å². The molecule has 0 radical (unpaired) electrons. The van der Waals surface area contributed by atoms with E-state index in [1.54, 1.807) is 0 Å². The third-order valence-corrected chi connectivity index (χ3v) is 3.69. The number of hydrogen-bond acceptors (Lipinski definition) is 1. The molecule has 2 aliphatic rings. The molecule has 1 aliphatic carbocycles. The molecule has 1 heteroatoms. The Morgan fingerprint density at radius 2 is 2.12 bits per heavy atom. The standard InChI is InChI=1S/C15H19N/c1-2-5-13-11-16(10-12-8-9-12)15-7-4-3-6-14(13)15/h2-7,12-13H,8-11H2,1H3/b5-2+. The first-order valence-electron chi connectivity index (χ1n) is 6.35. The van der Waals surface area contributed by atoms with E-state index >= 15 is 0 Å². The molecule has 1 aromatic carbocycles. The number of fused-ring (bicyclic) bond motifs is 1. The van der Waals surface area contributed by atoms with Gasteiger partial charge in [0.1, 0.15) is 0 Å². The van der Waals surface area contributed by atoms with Gasteiger partial charge >= 0.3 is 0 Å². The summed E-state index contributed by atoms with van der Waals surface area (Å²) in [7, 11) is 0. The summed E-state index contributed by atoms with van der Waals surface area (Å²) in [4.78, 5) is 2.58. The van der Waals surface area contributed by atoms with Gasteiger partial charge in [-0.2, -0.15) is 0 Å². The Kier molecular flexibility index (Phi) is 2.47. The molecule has 16 heavy (non-hydrogen) atoms. The first kappa shape index (κ1) is 9.95. The molecular weight excluding hydrogens is 194 g/mol. The molecule has 3 rings (SSSR count). The van der Waals surface area contributed by atoms with Gasteiger partial charge in [-0.05, 0) is 37.3 Å². The quantitative estimate of drug-likeness (QED) is 0.694. The highest BCUT2D eigenvalue weighted by molar-refractivity contribution is 5.61. The molecule has 1 nitrogen and oxygen atoms in total. The Bertz CT molecular complexity index is 404. The average Bonchev–Trinajstić information content (AvgIpc) is 3.05. The second-order valence-electron chi connectivity index (χ2n) is 5.04. The zero-order chi connectivity index (χ0) is 11.0. The van der Waals surface area contributed by atoms with Gasteiger partial charge in [-0.25, -0.2) is 0 Å². The van der Waals surface area contributed by atoms with Crippen molar-refractivity contribution in [3.63, 3.8) is 0 Å². The van der Waals surface area contributed by atoms with Crippen LogP contribution in [0.1, 0.15) is 31.2 Å². The van der Waals surface area contributed by atoms with Gasteiger partial charge in [0, 0.05) is 24.7 Å². The van der Waals surface area contributed by atoms with Crippen LogP contribution in [0.4, 0.5) is 5.69 Å². The van der Waals surface area contributed by atoms with Gasteiger partial charge in [-0.1, -0.05) is 30.4 Å². The van der Waals surface area contributed by atoms with Gasteiger partial charge in [0.25, 0.3) is 0 Å². The van der Waals surface area contributed by atoms with Crippen LogP contribution in [-0.2, 0) is 0 Å². The van der Waals surface area contributed by atoms with E-state index in [0.717, 1.165) is 5.92 Å². The normalized spacial score (nSPS) is 24.1. The van der Waals surface area contributed by atoms with Crippen LogP contribution >= 0.6 is 0 Å². The first-order chi connectivity index (χ1) is 7.88. The number of para-hydroxylation sites is 1. The summed E-state index contributed by atoms with van der Waals surface area (Å²) in [6.07, 6.45) is 7.40. The molecule has 1 unspecified atom stereocenters. The highest BCUT2D eigenvalue weighted by Crippen LogP contribution is 2.40. The third-order valence-electron chi connectivity index (χ3n) is 3.69. The van der Waals surface area contributed by atoms with Crippen LogP contribution in [0.15, 0.2) is 36.4 Å². The lowest BCUT2D eigenvalue weighted by molar-refractivity contribution is 0.725. The van der Waals surface area contributed by atoms with Crippen molar-refractivity contribution in [1.82, 2.24) is 0 Å². The zero-order valence-electron chi connectivity index (χ0n) is 9.89. The minimum Gasteiger partial charge on any atom is -0.370 e. The fraction of sp³-hybridized carbons (Fsp3) is 0.467. The Labute approximate surface area is 97.8 Å². The molecule has 0 saturated heterocycles. The lowest BCUT2D eigenvalue weighted by Crippen LogP contribution is -2.23. The molecule has 1 atom stereocenters. The van der Waals surface area contributed by atoms with Gasteiger partial charge in [0.15, 0.2) is 0 Å². The van der Waals surface area contributed by atoms with Crippen LogP contribution in [0.3, 0.4) is 0 Å². The van der Waals surface area contributed by atoms with Gasteiger partial charge < -0.3 is 4.90 Å². The van der Waals surface area contributed by atoms with Gasteiger partial charge in [-0.3, -0.25) is 0 Å². The maximum absolute atomic E-state index is 2.58. The summed E-state index contributed by atoms with van der Waals surface area (Å²) in [5.41, 5.74) is 2.98. The fourth-order valence-electron chi connectivity index (χ4n) is 2.71. The lowest BCUT2D eigenvalue weighted by Gasteiger charge is -2.19. The summed E-state index contributed by atoms with van der Waals surface area (Å²) in [5, 5.41) is 0. The van der Waals surface area contributed by atoms with Crippen LogP contribution in [0.5, 0.6) is 0 Å². The predicted molar refractivity (Wildman–Crippen MR) is 68.9 cm³/mol. The van der Waals surface area contributed by atoms with Crippen molar-refractivity contribution in [2.24, 2.45) is 5.92 Å². The molecule has 0 bridgehead atoms. The molecule has 1 heterocycles. The summed E-state index contributed by atoms with van der Waals surface area (Å²) in [6.45, 7) is 4.57. The minimum absolute atomic E-state index is 0.611. The summed E-state index contributed by atoms with van der Waals surface area (Å²) in [5.74, 6) is 1.58. The van der Waals surface area contributed by atoms with Crippen molar-refractivity contribution in [3.8, 4) is 0 Å². The lowest BCUT2D eigenvalue weighted by atomic mass is 10.0. The van der Waals surface area contributed by atoms with Crippen molar-refractivity contribution < 1.29 is 0 Å². The molecule has 1 aromatic rings. The topological polar surface area (TPSA) is 3.24 Å². The molecule has 0 spiro atoms. The van der Waals surface area contributed by atoms with Crippen molar-refractivity contribution >= 4 is 5.69 Å². The van der Waals surface area contributed by atoms with E-state index in [1.807, 2.05) is 0 Å². The Morgan fingerprint density at radius 3 is 2.88 bits per heavy atom. The van der Waals surface area contributed by atoms with Crippen molar-refractivity contribution in [2.75, 3.05) is 18.0 Å². The van der Waals surface area contributed by atoms with Gasteiger partial charge in [-0.15, -0.1) is 0 Å². The number of anilines is 1. The molecule has 0 N–H and O–H groups in total. The van der Waals surface area contributed by atoms with Crippen LogP contribution < -0.4 is 4.90 Å². The van der Waals surface area contributed by atoms with Crippen molar-refractivity contribution in [2.45, 2.75) is 25.7 Å². The Balaban J connectivity index is 1.88. The number of nitrogens with zero attached hydrogens (tertiary/aromatic N) is 1. The number of benzene rings is 1. The smallest absolute Gasteiger partial charge is 0.0405 e. The second-order valence-corrected chi connectivity index (χ2v) is 5.04. The fourth-order valence-corrected chi connectivity index (χ4v) is 2.71. The zero-order valence-corrected chi connectivity index (χ0v) is 9.89. The Morgan fingerprint density at radius 1 is 1.31 bits per heavy atom. The predicted octanol–water partition coefficient (Wildman–Crippen LogP) is 3.58. The largest absolute Gasteiger partial charge is 0.370 e. The molecule has 0 aromatic heterocycles. The van der Waals surface area contributed by atoms with E-state index in [-0.39, 0.29) is 0 Å². The van der Waals surface area contributed by atoms with Crippen molar-refractivity contribution in [1.29, 1.82) is 0 Å². The van der Waals surface area contributed by atoms with Crippen LogP contribution in [0.25, 0.3) is 0 Å². The van der Waals surface area contributed by atoms with E-state index in [9.17, 15) is 0 Å². The van der Waals surface area contributed by atoms with Crippen LogP contribution in [0, 0.1) is 5.92 Å². The number of rotatable bonds is 3. The van der Waals surface area contributed by atoms with E-state index in [1.165, 1.54) is 37.2 Å². The van der Waals surface area contributed by atoms with Crippen LogP contribution in [0.2, 0.25) is 0 Å². The third kappa shape index (κ3) is 1.75. The minimum atomic E-state index is 0.611. The summed E-state index contributed by atoms with van der Waals surface area (Å²) < 4.78 is 0. The molecule has 1 aliphatic heterocycles. The van der Waals surface area contributed by atoms with Gasteiger partial charge in [0.2, 0.25) is 0 Å². The number of hydrogen-bond donors (Lipinski definition) is 0. The van der Waals surface area contributed by atoms with E-state index in [2.05, 4.69) is 48.2 Å². The monoisotopic (exact) mass is 213 g/mol. The molecular formula is C15H19N. The molecule has 84 valence electrons. The van der Waals surface area contributed by atoms with E-state index in [4.69, 9.17) is 0 Å². The SMILES string of the molecule is C/C=C/C1CN(CC2CC2)c2ccccc21. The maximum atomic E-state index is 2.58. The molecule has 0 amide bonds. The summed E-state index contributed by atoms with van der Waals surface area (Å²) >= 11 is 0. The maximum Gasteiger partial charge on any atom is 0.0405 e. The van der Waals surface area contributed by atoms with Crippen molar-refractivity contribution in [3.05, 3.63) is 42.0 Å². The van der Waals surface area contributed by atoms with Crippen LogP contribution in [-0.4, -0.2) is 13.1 Å². The second kappa shape index (κ2) is 3.97. The highest BCUT2D eigenvalue weighted by Gasteiger charge is 2.31. The Hall–Kier alpha value is -1.24. The average molecular weight is 213 g/mol. The first-order valence-corrected chi connectivity index (χ1v) is 6.35. The van der Waals surface area contributed by atoms with E-state index in [0.29, 0.717) is 5.92 Å². The highest BCUT2D eigenvalue weighted by atomic mass is 15.2. The number of allylic oxidation sites excluding steroid dienone is 1. The molecule has 1 saturated carbocycles. The summed E-state index contributed by atoms with van der Waals surface area (Å²) in [6, 6.07) is 8.89. The molecule has 1 fully saturated rings. The van der Waals surface area contributed by atoms with E-state index < -0.39 is 0 Å².